The summed E-state index contributed by atoms with van der Waals surface area (Å²) in [7, 11) is 0. The van der Waals surface area contributed by atoms with Gasteiger partial charge < -0.3 is 10.5 Å². The molecule has 0 unspecified atom stereocenters. The number of hydrogen-bond acceptors (Lipinski definition) is 3. The highest BCUT2D eigenvalue weighted by Gasteiger charge is 2.39. The van der Waals surface area contributed by atoms with Gasteiger partial charge in [0.15, 0.2) is 0 Å². The van der Waals surface area contributed by atoms with E-state index in [0.717, 1.165) is 6.61 Å². The maximum absolute atomic E-state index is 12.5. The molecule has 1 aromatic rings. The Morgan fingerprint density at radius 3 is 2.85 bits per heavy atom. The standard InChI is InChI=1S/C8H6F2NO2/c9-8(10)12-4-5-6(11)2-1-3-7(5)13-8/h1-4H,11H2. The molecule has 69 valence electrons. The van der Waals surface area contributed by atoms with E-state index in [0.29, 0.717) is 11.3 Å². The van der Waals surface area contributed by atoms with E-state index in [-0.39, 0.29) is 5.75 Å². The fourth-order valence-corrected chi connectivity index (χ4v) is 1.06. The molecule has 1 aliphatic heterocycles. The summed E-state index contributed by atoms with van der Waals surface area (Å²) in [5, 5.41) is 0. The zero-order chi connectivity index (χ0) is 9.47. The topological polar surface area (TPSA) is 44.5 Å². The lowest BCUT2D eigenvalue weighted by Gasteiger charge is -2.24. The van der Waals surface area contributed by atoms with E-state index in [1.165, 1.54) is 12.1 Å². The fraction of sp³-hybridized carbons (Fsp3) is 0.125. The molecular formula is C8H6F2NO2. The van der Waals surface area contributed by atoms with E-state index in [9.17, 15) is 8.78 Å². The quantitative estimate of drug-likeness (QED) is 0.627. The first-order chi connectivity index (χ1) is 6.08. The SMILES string of the molecule is Nc1cccc2c1[CH]OC(F)(F)O2. The molecule has 0 aromatic heterocycles. The van der Waals surface area contributed by atoms with Crippen LogP contribution in [-0.4, -0.2) is 6.29 Å². The van der Waals surface area contributed by atoms with Crippen molar-refractivity contribution in [1.82, 2.24) is 0 Å². The van der Waals surface area contributed by atoms with Gasteiger partial charge in [0.25, 0.3) is 0 Å². The first-order valence-electron chi connectivity index (χ1n) is 3.55. The third-order valence-electron chi connectivity index (χ3n) is 1.64. The lowest BCUT2D eigenvalue weighted by molar-refractivity contribution is -0.344. The van der Waals surface area contributed by atoms with Crippen molar-refractivity contribution in [3.8, 4) is 5.75 Å². The van der Waals surface area contributed by atoms with Gasteiger partial charge >= 0.3 is 6.29 Å². The number of fused-ring (bicyclic) bond motifs is 1. The highest BCUT2D eigenvalue weighted by molar-refractivity contribution is 5.57. The molecule has 0 bridgehead atoms. The summed E-state index contributed by atoms with van der Waals surface area (Å²) in [4.78, 5) is 0. The first kappa shape index (κ1) is 8.25. The first-order valence-corrected chi connectivity index (χ1v) is 3.55. The van der Waals surface area contributed by atoms with E-state index in [1.54, 1.807) is 6.07 Å². The van der Waals surface area contributed by atoms with Gasteiger partial charge in [-0.15, -0.1) is 8.78 Å². The lowest BCUT2D eigenvalue weighted by Crippen LogP contribution is -2.31. The maximum Gasteiger partial charge on any atom is 0.535 e. The van der Waals surface area contributed by atoms with E-state index >= 15 is 0 Å². The van der Waals surface area contributed by atoms with Gasteiger partial charge in [-0.05, 0) is 12.1 Å². The molecule has 0 atom stereocenters. The Labute approximate surface area is 73.1 Å². The molecule has 5 heteroatoms. The number of rotatable bonds is 0. The molecule has 1 aliphatic rings. The largest absolute Gasteiger partial charge is 0.535 e. The Kier molecular flexibility index (Phi) is 1.63. The van der Waals surface area contributed by atoms with Crippen LogP contribution in [0.1, 0.15) is 5.56 Å². The van der Waals surface area contributed by atoms with Crippen LogP contribution in [0.15, 0.2) is 18.2 Å². The third-order valence-corrected chi connectivity index (χ3v) is 1.64. The zero-order valence-corrected chi connectivity index (χ0v) is 6.46. The van der Waals surface area contributed by atoms with Crippen molar-refractivity contribution in [2.45, 2.75) is 6.29 Å². The minimum atomic E-state index is -3.60. The molecule has 3 nitrogen and oxygen atoms in total. The predicted molar refractivity (Wildman–Crippen MR) is 40.9 cm³/mol. The summed E-state index contributed by atoms with van der Waals surface area (Å²) in [6, 6.07) is 4.51. The van der Waals surface area contributed by atoms with Crippen LogP contribution in [0.5, 0.6) is 5.75 Å². The van der Waals surface area contributed by atoms with Gasteiger partial charge in [0, 0.05) is 11.3 Å². The number of halogens is 2. The second kappa shape index (κ2) is 2.56. The number of nitrogen functional groups attached to an aromatic ring is 1. The molecule has 0 fully saturated rings. The Morgan fingerprint density at radius 2 is 2.08 bits per heavy atom. The van der Waals surface area contributed by atoms with Crippen LogP contribution in [0.2, 0.25) is 0 Å². The van der Waals surface area contributed by atoms with Crippen LogP contribution in [0.25, 0.3) is 0 Å². The minimum absolute atomic E-state index is 0.0243. The Morgan fingerprint density at radius 1 is 1.31 bits per heavy atom. The molecule has 0 amide bonds. The maximum atomic E-state index is 12.5. The molecule has 13 heavy (non-hydrogen) atoms. The van der Waals surface area contributed by atoms with Gasteiger partial charge in [0.2, 0.25) is 0 Å². The van der Waals surface area contributed by atoms with Crippen molar-refractivity contribution < 1.29 is 18.3 Å². The van der Waals surface area contributed by atoms with E-state index in [4.69, 9.17) is 5.73 Å². The second-order valence-corrected chi connectivity index (χ2v) is 2.56. The van der Waals surface area contributed by atoms with Crippen LogP contribution < -0.4 is 10.5 Å². The van der Waals surface area contributed by atoms with Gasteiger partial charge in [-0.2, -0.15) is 0 Å². The minimum Gasteiger partial charge on any atom is -0.409 e. The molecule has 2 rings (SSSR count). The van der Waals surface area contributed by atoms with Crippen molar-refractivity contribution in [1.29, 1.82) is 0 Å². The van der Waals surface area contributed by atoms with E-state index in [1.807, 2.05) is 0 Å². The summed E-state index contributed by atoms with van der Waals surface area (Å²) in [5.74, 6) is 0.0243. The number of alkyl halides is 2. The predicted octanol–water partition coefficient (Wildman–Crippen LogP) is 1.74. The van der Waals surface area contributed by atoms with Gasteiger partial charge in [0.05, 0.1) is 0 Å². The number of benzene rings is 1. The Hall–Kier alpha value is -1.36. The molecule has 1 radical (unpaired) electrons. The van der Waals surface area contributed by atoms with E-state index < -0.39 is 6.29 Å². The van der Waals surface area contributed by atoms with Gasteiger partial charge in [-0.25, -0.2) is 0 Å². The Balaban J connectivity index is 2.42. The lowest BCUT2D eigenvalue weighted by atomic mass is 10.1. The van der Waals surface area contributed by atoms with Gasteiger partial charge in [-0.3, -0.25) is 4.74 Å². The smallest absolute Gasteiger partial charge is 0.409 e. The third kappa shape index (κ3) is 1.42. The number of hydrogen-bond donors (Lipinski definition) is 1. The monoisotopic (exact) mass is 186 g/mol. The number of anilines is 1. The molecule has 0 spiro atoms. The highest BCUT2D eigenvalue weighted by Crippen LogP contribution is 2.36. The Bertz CT molecular complexity index is 341. The summed E-state index contributed by atoms with van der Waals surface area (Å²) < 4.78 is 33.2. The summed E-state index contributed by atoms with van der Waals surface area (Å²) >= 11 is 0. The summed E-state index contributed by atoms with van der Waals surface area (Å²) in [6.45, 7) is 0.897. The molecular weight excluding hydrogens is 180 g/mol. The van der Waals surface area contributed by atoms with Crippen LogP contribution in [-0.2, 0) is 4.74 Å². The van der Waals surface area contributed by atoms with Crippen molar-refractivity contribution in [3.63, 3.8) is 0 Å². The summed E-state index contributed by atoms with van der Waals surface area (Å²) in [6.07, 6.45) is -3.60. The molecule has 1 aromatic carbocycles. The fourth-order valence-electron chi connectivity index (χ4n) is 1.06. The average molecular weight is 186 g/mol. The van der Waals surface area contributed by atoms with E-state index in [2.05, 4.69) is 9.47 Å². The molecule has 0 saturated heterocycles. The van der Waals surface area contributed by atoms with Crippen LogP contribution in [0.3, 0.4) is 0 Å². The molecule has 0 aliphatic carbocycles. The van der Waals surface area contributed by atoms with Crippen LogP contribution in [0.4, 0.5) is 14.5 Å². The van der Waals surface area contributed by atoms with Gasteiger partial charge in [-0.1, -0.05) is 6.07 Å². The molecule has 2 N–H and O–H groups in total. The highest BCUT2D eigenvalue weighted by atomic mass is 19.3. The molecule has 1 heterocycles. The normalized spacial score (nSPS) is 18.9. The van der Waals surface area contributed by atoms with Crippen molar-refractivity contribution in [2.24, 2.45) is 0 Å². The average Bonchev–Trinajstić information content (AvgIpc) is 2.02. The van der Waals surface area contributed by atoms with Crippen molar-refractivity contribution in [3.05, 3.63) is 30.4 Å². The number of ether oxygens (including phenoxy) is 2. The van der Waals surface area contributed by atoms with Crippen molar-refractivity contribution in [2.75, 3.05) is 5.73 Å². The van der Waals surface area contributed by atoms with Crippen molar-refractivity contribution >= 4 is 5.69 Å². The summed E-state index contributed by atoms with van der Waals surface area (Å²) in [5.41, 5.74) is 6.18. The second-order valence-electron chi connectivity index (χ2n) is 2.56. The van der Waals surface area contributed by atoms with Crippen LogP contribution >= 0.6 is 0 Å². The zero-order valence-electron chi connectivity index (χ0n) is 6.46. The number of nitrogens with two attached hydrogens (primary N) is 1. The molecule has 0 saturated carbocycles. The van der Waals surface area contributed by atoms with Crippen LogP contribution in [0, 0.1) is 6.61 Å². The van der Waals surface area contributed by atoms with Gasteiger partial charge in [0.1, 0.15) is 12.4 Å².